The van der Waals surface area contributed by atoms with E-state index in [1.54, 1.807) is 0 Å². The first-order valence-electron chi connectivity index (χ1n) is 7.76. The molecule has 1 saturated heterocycles. The maximum absolute atomic E-state index is 12.1. The third-order valence-corrected chi connectivity index (χ3v) is 4.02. The smallest absolute Gasteiger partial charge is 0.310 e. The van der Waals surface area contributed by atoms with Gasteiger partial charge in [0.2, 0.25) is 0 Å². The van der Waals surface area contributed by atoms with Gasteiger partial charge in [-0.1, -0.05) is 37.3 Å². The summed E-state index contributed by atoms with van der Waals surface area (Å²) in [5.74, 6) is 0.542. The molecule has 0 saturated carbocycles. The molecular formula is C17H26N2O2. The molecule has 21 heavy (non-hydrogen) atoms. The molecule has 1 aromatic carbocycles. The lowest BCUT2D eigenvalue weighted by atomic mass is 10.1. The van der Waals surface area contributed by atoms with E-state index in [1.807, 2.05) is 44.3 Å². The highest BCUT2D eigenvalue weighted by molar-refractivity contribution is 5.72. The fraction of sp³-hybridized carbons (Fsp3) is 0.588. The Hall–Kier alpha value is -1.39. The molecule has 0 radical (unpaired) electrons. The second-order valence-electron chi connectivity index (χ2n) is 5.97. The molecule has 1 heterocycles. The number of carbonyl (C=O) groups excluding carboxylic acids is 1. The van der Waals surface area contributed by atoms with Crippen LogP contribution in [0.5, 0.6) is 0 Å². The molecule has 0 bridgehead atoms. The van der Waals surface area contributed by atoms with Crippen molar-refractivity contribution in [2.45, 2.75) is 20.0 Å². The van der Waals surface area contributed by atoms with Crippen molar-refractivity contribution in [2.24, 2.45) is 11.8 Å². The summed E-state index contributed by atoms with van der Waals surface area (Å²) in [5, 5.41) is 3.23. The van der Waals surface area contributed by atoms with Crippen LogP contribution in [0.3, 0.4) is 0 Å². The number of esters is 1. The summed E-state index contributed by atoms with van der Waals surface area (Å²) in [6.45, 7) is 6.35. The van der Waals surface area contributed by atoms with Gasteiger partial charge in [-0.2, -0.15) is 0 Å². The van der Waals surface area contributed by atoms with Crippen molar-refractivity contribution >= 4 is 5.97 Å². The van der Waals surface area contributed by atoms with Crippen molar-refractivity contribution in [3.63, 3.8) is 0 Å². The summed E-state index contributed by atoms with van der Waals surface area (Å²) in [4.78, 5) is 14.4. The second-order valence-corrected chi connectivity index (χ2v) is 5.97. The van der Waals surface area contributed by atoms with Gasteiger partial charge in [0.15, 0.2) is 0 Å². The van der Waals surface area contributed by atoms with Gasteiger partial charge in [0.05, 0.1) is 5.92 Å². The van der Waals surface area contributed by atoms with E-state index in [4.69, 9.17) is 4.74 Å². The van der Waals surface area contributed by atoms with E-state index in [1.165, 1.54) is 6.42 Å². The minimum atomic E-state index is -0.101. The van der Waals surface area contributed by atoms with E-state index >= 15 is 0 Å². The number of carbonyl (C=O) groups is 1. The Morgan fingerprint density at radius 3 is 2.90 bits per heavy atom. The lowest BCUT2D eigenvalue weighted by molar-refractivity contribution is -0.149. The molecule has 0 aromatic heterocycles. The molecular weight excluding hydrogens is 264 g/mol. The molecule has 4 nitrogen and oxygen atoms in total. The zero-order valence-electron chi connectivity index (χ0n) is 13.0. The third-order valence-electron chi connectivity index (χ3n) is 4.02. The molecule has 2 rings (SSSR count). The fourth-order valence-corrected chi connectivity index (χ4v) is 2.87. The van der Waals surface area contributed by atoms with Crippen molar-refractivity contribution in [3.8, 4) is 0 Å². The van der Waals surface area contributed by atoms with Gasteiger partial charge in [-0.05, 0) is 38.0 Å². The van der Waals surface area contributed by atoms with E-state index in [2.05, 4.69) is 10.2 Å². The molecule has 1 aromatic rings. The summed E-state index contributed by atoms with van der Waals surface area (Å²) < 4.78 is 5.40. The largest absolute Gasteiger partial charge is 0.461 e. The summed E-state index contributed by atoms with van der Waals surface area (Å²) in [6.07, 6.45) is 1.21. The number of ether oxygens (including phenoxy) is 1. The van der Waals surface area contributed by atoms with Gasteiger partial charge in [-0.15, -0.1) is 0 Å². The lowest BCUT2D eigenvalue weighted by Gasteiger charge is -2.20. The Balaban J connectivity index is 1.70. The highest BCUT2D eigenvalue weighted by Gasteiger charge is 2.25. The SMILES string of the molecule is CNCC1CCN(CC(C)C(=O)OCc2ccccc2)C1. The minimum absolute atomic E-state index is 0.0675. The van der Waals surface area contributed by atoms with Gasteiger partial charge in [0, 0.05) is 13.1 Å². The molecule has 0 aliphatic carbocycles. The average Bonchev–Trinajstić information content (AvgIpc) is 2.93. The van der Waals surface area contributed by atoms with Crippen LogP contribution in [0.1, 0.15) is 18.9 Å². The molecule has 116 valence electrons. The van der Waals surface area contributed by atoms with Crippen molar-refractivity contribution in [2.75, 3.05) is 33.2 Å². The summed E-state index contributed by atoms with van der Waals surface area (Å²) in [7, 11) is 1.99. The fourth-order valence-electron chi connectivity index (χ4n) is 2.87. The van der Waals surface area contributed by atoms with Crippen molar-refractivity contribution in [1.29, 1.82) is 0 Å². The quantitative estimate of drug-likeness (QED) is 0.779. The van der Waals surface area contributed by atoms with Gasteiger partial charge in [-0.3, -0.25) is 4.79 Å². The Bertz CT molecular complexity index is 436. The molecule has 2 unspecified atom stereocenters. The number of benzene rings is 1. The van der Waals surface area contributed by atoms with Gasteiger partial charge in [0.1, 0.15) is 6.61 Å². The third kappa shape index (κ3) is 5.14. The highest BCUT2D eigenvalue weighted by atomic mass is 16.5. The highest BCUT2D eigenvalue weighted by Crippen LogP contribution is 2.17. The van der Waals surface area contributed by atoms with Crippen LogP contribution in [0.2, 0.25) is 0 Å². The molecule has 1 fully saturated rings. The molecule has 0 amide bonds. The van der Waals surface area contributed by atoms with Crippen LogP contribution in [-0.4, -0.2) is 44.1 Å². The van der Waals surface area contributed by atoms with Crippen LogP contribution in [0.15, 0.2) is 30.3 Å². The second kappa shape index (κ2) is 8.15. The number of hydrogen-bond acceptors (Lipinski definition) is 4. The van der Waals surface area contributed by atoms with Crippen LogP contribution in [0.4, 0.5) is 0 Å². The Morgan fingerprint density at radius 1 is 1.43 bits per heavy atom. The van der Waals surface area contributed by atoms with Crippen LogP contribution in [0, 0.1) is 11.8 Å². The number of rotatable bonds is 7. The first-order chi connectivity index (χ1) is 10.2. The standard InChI is InChI=1S/C17H26N2O2/c1-14(11-19-9-8-16(12-19)10-18-2)17(20)21-13-15-6-4-3-5-7-15/h3-7,14,16,18H,8-13H2,1-2H3. The van der Waals surface area contributed by atoms with Crippen LogP contribution in [-0.2, 0) is 16.1 Å². The van der Waals surface area contributed by atoms with E-state index in [-0.39, 0.29) is 11.9 Å². The molecule has 0 spiro atoms. The number of nitrogens with one attached hydrogen (secondary N) is 1. The predicted molar refractivity (Wildman–Crippen MR) is 83.9 cm³/mol. The van der Waals surface area contributed by atoms with E-state index < -0.39 is 0 Å². The van der Waals surface area contributed by atoms with Crippen molar-refractivity contribution in [3.05, 3.63) is 35.9 Å². The molecule has 2 atom stereocenters. The molecule has 4 heteroatoms. The van der Waals surface area contributed by atoms with Crippen molar-refractivity contribution < 1.29 is 9.53 Å². The number of likely N-dealkylation sites (tertiary alicyclic amines) is 1. The molecule has 1 aliphatic rings. The Kier molecular flexibility index (Phi) is 6.21. The van der Waals surface area contributed by atoms with Crippen LogP contribution in [0.25, 0.3) is 0 Å². The summed E-state index contributed by atoms with van der Waals surface area (Å²) in [5.41, 5.74) is 1.04. The van der Waals surface area contributed by atoms with Gasteiger partial charge in [0.25, 0.3) is 0 Å². The molecule has 1 aliphatic heterocycles. The lowest BCUT2D eigenvalue weighted by Crippen LogP contribution is -2.32. The van der Waals surface area contributed by atoms with E-state index in [9.17, 15) is 4.79 Å². The molecule has 1 N–H and O–H groups in total. The normalized spacial score (nSPS) is 20.4. The summed E-state index contributed by atoms with van der Waals surface area (Å²) in [6, 6.07) is 9.82. The average molecular weight is 290 g/mol. The monoisotopic (exact) mass is 290 g/mol. The van der Waals surface area contributed by atoms with Crippen LogP contribution >= 0.6 is 0 Å². The summed E-state index contributed by atoms with van der Waals surface area (Å²) >= 11 is 0. The first kappa shape index (κ1) is 16.0. The number of hydrogen-bond donors (Lipinski definition) is 1. The van der Waals surface area contributed by atoms with Gasteiger partial charge in [-0.25, -0.2) is 0 Å². The maximum atomic E-state index is 12.1. The topological polar surface area (TPSA) is 41.6 Å². The van der Waals surface area contributed by atoms with Crippen molar-refractivity contribution in [1.82, 2.24) is 10.2 Å². The first-order valence-corrected chi connectivity index (χ1v) is 7.76. The van der Waals surface area contributed by atoms with E-state index in [0.717, 1.165) is 31.7 Å². The van der Waals surface area contributed by atoms with Gasteiger partial charge >= 0.3 is 5.97 Å². The van der Waals surface area contributed by atoms with Gasteiger partial charge < -0.3 is 15.0 Å². The maximum Gasteiger partial charge on any atom is 0.310 e. The zero-order valence-corrected chi connectivity index (χ0v) is 13.0. The van der Waals surface area contributed by atoms with E-state index in [0.29, 0.717) is 12.5 Å². The Labute approximate surface area is 127 Å². The minimum Gasteiger partial charge on any atom is -0.461 e. The number of nitrogens with zero attached hydrogens (tertiary/aromatic N) is 1. The Morgan fingerprint density at radius 2 is 2.19 bits per heavy atom. The zero-order chi connectivity index (χ0) is 15.1. The predicted octanol–water partition coefficient (Wildman–Crippen LogP) is 1.91. The van der Waals surface area contributed by atoms with Crippen LogP contribution < -0.4 is 5.32 Å².